The van der Waals surface area contributed by atoms with Gasteiger partial charge in [0.15, 0.2) is 0 Å². The molecule has 2 fully saturated rings. The second-order valence-electron chi connectivity index (χ2n) is 7.37. The van der Waals surface area contributed by atoms with E-state index < -0.39 is 5.97 Å². The van der Waals surface area contributed by atoms with Crippen LogP contribution in [0.5, 0.6) is 0 Å². The summed E-state index contributed by atoms with van der Waals surface area (Å²) in [5, 5.41) is 14.3. The number of amides is 1. The number of thiophene rings is 1. The first-order valence-corrected chi connectivity index (χ1v) is 10.2. The minimum Gasteiger partial charge on any atom is -0.480 e. The highest BCUT2D eigenvalue weighted by molar-refractivity contribution is 7.10. The summed E-state index contributed by atoms with van der Waals surface area (Å²) in [7, 11) is 0. The molecule has 2 aliphatic carbocycles. The van der Waals surface area contributed by atoms with Crippen molar-refractivity contribution in [3.63, 3.8) is 0 Å². The van der Waals surface area contributed by atoms with Crippen LogP contribution in [0, 0.1) is 0 Å². The summed E-state index contributed by atoms with van der Waals surface area (Å²) in [6, 6.07) is 4.59. The number of nitrogens with zero attached hydrogens (tertiary/aromatic N) is 1. The molecule has 5 nitrogen and oxygen atoms in total. The third kappa shape index (κ3) is 3.90. The number of carboxylic acids is 1. The summed E-state index contributed by atoms with van der Waals surface area (Å²) >= 11 is 1.69. The molecule has 25 heavy (non-hydrogen) atoms. The Hall–Kier alpha value is -1.40. The standard InChI is InChI=1S/C19H28N2O3S/c1-2-21(13-17(22)23)15-11-14(12-15)20-18(24)19(8-4-3-5-9-19)16-7-6-10-25-16/h6-7,10,14-15H,2-5,8-9,11-13H2,1H3,(H,20,24)(H,22,23). The molecule has 0 atom stereocenters. The zero-order valence-corrected chi connectivity index (χ0v) is 15.7. The number of hydrogen-bond acceptors (Lipinski definition) is 4. The fourth-order valence-electron chi connectivity index (χ4n) is 4.29. The van der Waals surface area contributed by atoms with Gasteiger partial charge in [0.05, 0.1) is 12.0 Å². The summed E-state index contributed by atoms with van der Waals surface area (Å²) in [5.74, 6) is -0.604. The van der Waals surface area contributed by atoms with Crippen LogP contribution >= 0.6 is 11.3 Å². The lowest BCUT2D eigenvalue weighted by atomic mass is 9.71. The van der Waals surface area contributed by atoms with Gasteiger partial charge < -0.3 is 10.4 Å². The van der Waals surface area contributed by atoms with Crippen LogP contribution in [0.4, 0.5) is 0 Å². The fourth-order valence-corrected chi connectivity index (χ4v) is 5.28. The number of likely N-dealkylation sites (N-methyl/N-ethyl adjacent to an activating group) is 1. The van der Waals surface area contributed by atoms with Gasteiger partial charge in [0.1, 0.15) is 0 Å². The van der Waals surface area contributed by atoms with Gasteiger partial charge in [-0.3, -0.25) is 14.5 Å². The topological polar surface area (TPSA) is 69.6 Å². The van der Waals surface area contributed by atoms with Crippen molar-refractivity contribution >= 4 is 23.2 Å². The Kier molecular flexibility index (Phi) is 5.79. The summed E-state index contributed by atoms with van der Waals surface area (Å²) in [4.78, 5) is 27.3. The van der Waals surface area contributed by atoms with E-state index >= 15 is 0 Å². The molecule has 0 saturated heterocycles. The molecule has 2 saturated carbocycles. The fraction of sp³-hybridized carbons (Fsp3) is 0.684. The molecule has 2 aliphatic rings. The molecule has 1 heterocycles. The van der Waals surface area contributed by atoms with Crippen LogP contribution in [-0.4, -0.2) is 47.1 Å². The maximum atomic E-state index is 13.1. The predicted molar refractivity (Wildman–Crippen MR) is 98.9 cm³/mol. The summed E-state index contributed by atoms with van der Waals surface area (Å²) in [6.07, 6.45) is 7.03. The van der Waals surface area contributed by atoms with Gasteiger partial charge in [-0.1, -0.05) is 32.3 Å². The molecule has 2 N–H and O–H groups in total. The van der Waals surface area contributed by atoms with Crippen LogP contribution < -0.4 is 5.32 Å². The Balaban J connectivity index is 1.59. The maximum absolute atomic E-state index is 13.1. The molecule has 0 aliphatic heterocycles. The first-order chi connectivity index (χ1) is 12.0. The van der Waals surface area contributed by atoms with Crippen LogP contribution in [0.1, 0.15) is 56.7 Å². The lowest BCUT2D eigenvalue weighted by molar-refractivity contribution is -0.140. The molecular formula is C19H28N2O3S. The monoisotopic (exact) mass is 364 g/mol. The zero-order chi connectivity index (χ0) is 17.9. The maximum Gasteiger partial charge on any atom is 0.317 e. The molecule has 6 heteroatoms. The van der Waals surface area contributed by atoms with Crippen LogP contribution in [0.2, 0.25) is 0 Å². The van der Waals surface area contributed by atoms with Crippen LogP contribution in [0.15, 0.2) is 17.5 Å². The van der Waals surface area contributed by atoms with Crippen LogP contribution in [-0.2, 0) is 15.0 Å². The van der Waals surface area contributed by atoms with Crippen molar-refractivity contribution in [2.24, 2.45) is 0 Å². The zero-order valence-electron chi connectivity index (χ0n) is 14.9. The van der Waals surface area contributed by atoms with Gasteiger partial charge in [-0.2, -0.15) is 0 Å². The van der Waals surface area contributed by atoms with Crippen molar-refractivity contribution in [2.45, 2.75) is 69.4 Å². The van der Waals surface area contributed by atoms with Gasteiger partial charge in [0, 0.05) is 17.0 Å². The molecule has 0 unspecified atom stereocenters. The number of carbonyl (C=O) groups excluding carboxylic acids is 1. The molecule has 1 amide bonds. The largest absolute Gasteiger partial charge is 0.480 e. The molecule has 3 rings (SSSR count). The average Bonchev–Trinajstić information content (AvgIpc) is 3.11. The van der Waals surface area contributed by atoms with Gasteiger partial charge in [0.25, 0.3) is 0 Å². The Morgan fingerprint density at radius 1 is 1.32 bits per heavy atom. The third-order valence-corrected chi connectivity index (χ3v) is 6.92. The number of carbonyl (C=O) groups is 2. The number of nitrogens with one attached hydrogen (secondary N) is 1. The van der Waals surface area contributed by atoms with E-state index in [9.17, 15) is 9.59 Å². The highest BCUT2D eigenvalue weighted by atomic mass is 32.1. The molecular weight excluding hydrogens is 336 g/mol. The first-order valence-electron chi connectivity index (χ1n) is 9.36. The summed E-state index contributed by atoms with van der Waals surface area (Å²) in [5.41, 5.74) is -0.344. The number of rotatable bonds is 7. The molecule has 0 spiro atoms. The van der Waals surface area contributed by atoms with Crippen LogP contribution in [0.25, 0.3) is 0 Å². The molecule has 0 bridgehead atoms. The minimum atomic E-state index is -0.784. The quantitative estimate of drug-likeness (QED) is 0.780. The number of hydrogen-bond donors (Lipinski definition) is 2. The molecule has 0 aromatic carbocycles. The Labute approximate surface area is 153 Å². The Morgan fingerprint density at radius 2 is 2.04 bits per heavy atom. The third-order valence-electron chi connectivity index (χ3n) is 5.84. The van der Waals surface area contributed by atoms with Gasteiger partial charge in [-0.25, -0.2) is 0 Å². The van der Waals surface area contributed by atoms with E-state index in [0.29, 0.717) is 0 Å². The van der Waals surface area contributed by atoms with E-state index in [0.717, 1.165) is 45.1 Å². The Bertz CT molecular complexity index is 590. The predicted octanol–water partition coefficient (Wildman–Crippen LogP) is 3.00. The van der Waals surface area contributed by atoms with Gasteiger partial charge in [-0.15, -0.1) is 11.3 Å². The second-order valence-corrected chi connectivity index (χ2v) is 8.32. The van der Waals surface area contributed by atoms with Crippen molar-refractivity contribution in [2.75, 3.05) is 13.1 Å². The number of aliphatic carboxylic acids is 1. The SMILES string of the molecule is CCN(CC(=O)O)C1CC(NC(=O)C2(c3cccs3)CCCCC2)C1. The van der Waals surface area contributed by atoms with Crippen LogP contribution in [0.3, 0.4) is 0 Å². The second kappa shape index (κ2) is 7.87. The van der Waals surface area contributed by atoms with E-state index in [-0.39, 0.29) is 30.0 Å². The van der Waals surface area contributed by atoms with E-state index in [4.69, 9.17) is 5.11 Å². The lowest BCUT2D eigenvalue weighted by Gasteiger charge is -2.44. The average molecular weight is 365 g/mol. The molecule has 138 valence electrons. The van der Waals surface area contributed by atoms with E-state index in [1.807, 2.05) is 17.9 Å². The molecule has 1 aromatic heterocycles. The minimum absolute atomic E-state index is 0.0843. The van der Waals surface area contributed by atoms with Crippen molar-refractivity contribution < 1.29 is 14.7 Å². The highest BCUT2D eigenvalue weighted by Gasteiger charge is 2.44. The van der Waals surface area contributed by atoms with Gasteiger partial charge in [0.2, 0.25) is 5.91 Å². The summed E-state index contributed by atoms with van der Waals surface area (Å²) < 4.78 is 0. The first kappa shape index (κ1) is 18.4. The number of carboxylic acid groups (broad SMARTS) is 1. The highest BCUT2D eigenvalue weighted by Crippen LogP contribution is 2.42. The van der Waals surface area contributed by atoms with E-state index in [1.165, 1.54) is 11.3 Å². The van der Waals surface area contributed by atoms with Crippen molar-refractivity contribution in [1.82, 2.24) is 10.2 Å². The lowest BCUT2D eigenvalue weighted by Crippen LogP contribution is -2.58. The molecule has 1 aromatic rings. The molecule has 0 radical (unpaired) electrons. The summed E-state index contributed by atoms with van der Waals surface area (Å²) in [6.45, 7) is 2.81. The van der Waals surface area contributed by atoms with Crippen molar-refractivity contribution in [3.8, 4) is 0 Å². The van der Waals surface area contributed by atoms with Crippen molar-refractivity contribution in [1.29, 1.82) is 0 Å². The van der Waals surface area contributed by atoms with Gasteiger partial charge in [-0.05, 0) is 43.7 Å². The van der Waals surface area contributed by atoms with E-state index in [1.54, 1.807) is 11.3 Å². The van der Waals surface area contributed by atoms with E-state index in [2.05, 4.69) is 16.8 Å². The smallest absolute Gasteiger partial charge is 0.317 e. The van der Waals surface area contributed by atoms with Gasteiger partial charge >= 0.3 is 5.97 Å². The van der Waals surface area contributed by atoms with Crippen molar-refractivity contribution in [3.05, 3.63) is 22.4 Å². The normalized spacial score (nSPS) is 25.4. The Morgan fingerprint density at radius 3 is 2.60 bits per heavy atom.